The first-order valence-corrected chi connectivity index (χ1v) is 12.8. The highest BCUT2D eigenvalue weighted by Gasteiger charge is 2.24. The van der Waals surface area contributed by atoms with E-state index in [4.69, 9.17) is 19.6 Å². The van der Waals surface area contributed by atoms with Gasteiger partial charge in [0.1, 0.15) is 12.4 Å². The molecule has 0 atom stereocenters. The number of ether oxygens (including phenoxy) is 2. The Morgan fingerprint density at radius 3 is 2.61 bits per heavy atom. The lowest BCUT2D eigenvalue weighted by Gasteiger charge is -2.28. The van der Waals surface area contributed by atoms with Crippen molar-refractivity contribution in [1.82, 2.24) is 10.3 Å². The Morgan fingerprint density at radius 1 is 1.11 bits per heavy atom. The third-order valence-corrected chi connectivity index (χ3v) is 6.55. The molecule has 2 heterocycles. The third-order valence-electron chi connectivity index (χ3n) is 6.55. The molecule has 1 aliphatic carbocycles. The second-order valence-corrected chi connectivity index (χ2v) is 9.30. The summed E-state index contributed by atoms with van der Waals surface area (Å²) in [7, 11) is 0. The van der Waals surface area contributed by atoms with Gasteiger partial charge in [-0.3, -0.25) is 9.59 Å². The molecule has 0 spiro atoms. The maximum absolute atomic E-state index is 12.8. The Morgan fingerprint density at radius 2 is 1.87 bits per heavy atom. The number of furan rings is 1. The summed E-state index contributed by atoms with van der Waals surface area (Å²) >= 11 is 0. The Labute approximate surface area is 220 Å². The van der Waals surface area contributed by atoms with E-state index in [1.54, 1.807) is 19.1 Å². The molecule has 10 nitrogen and oxygen atoms in total. The number of pyridine rings is 1. The highest BCUT2D eigenvalue weighted by Crippen LogP contribution is 2.28. The number of nitrogens with two attached hydrogens (primary N) is 1. The molecule has 4 rings (SSSR count). The van der Waals surface area contributed by atoms with Gasteiger partial charge in [0.05, 0.1) is 6.61 Å². The molecule has 0 bridgehead atoms. The third kappa shape index (κ3) is 7.41. The number of hydrogen-bond acceptors (Lipinski definition) is 7. The van der Waals surface area contributed by atoms with Crippen LogP contribution in [-0.4, -0.2) is 41.4 Å². The molecule has 1 saturated carbocycles. The number of amidine groups is 1. The van der Waals surface area contributed by atoms with Gasteiger partial charge in [-0.2, -0.15) is 4.99 Å². The minimum Gasteiger partial charge on any atom is -0.466 e. The zero-order chi connectivity index (χ0) is 26.9. The van der Waals surface area contributed by atoms with Gasteiger partial charge in [0.25, 0.3) is 5.91 Å². The number of amides is 2. The fourth-order valence-electron chi connectivity index (χ4n) is 4.51. The van der Waals surface area contributed by atoms with Gasteiger partial charge in [0, 0.05) is 29.6 Å². The van der Waals surface area contributed by atoms with Gasteiger partial charge in [-0.15, -0.1) is 0 Å². The van der Waals surface area contributed by atoms with E-state index in [1.165, 1.54) is 6.20 Å². The molecule has 0 radical (unpaired) electrons. The highest BCUT2D eigenvalue weighted by atomic mass is 16.5. The second kappa shape index (κ2) is 12.8. The lowest BCUT2D eigenvalue weighted by Crippen LogP contribution is -2.37. The number of rotatable bonds is 9. The van der Waals surface area contributed by atoms with Crippen molar-refractivity contribution in [2.24, 2.45) is 16.6 Å². The summed E-state index contributed by atoms with van der Waals surface area (Å²) in [5.74, 6) is 0.0895. The minimum atomic E-state index is -0.811. The highest BCUT2D eigenvalue weighted by molar-refractivity contribution is 6.04. The molecule has 3 N–H and O–H groups in total. The molecular weight excluding hydrogens is 488 g/mol. The number of aromatic nitrogens is 1. The van der Waals surface area contributed by atoms with Crippen molar-refractivity contribution in [3.05, 3.63) is 65.5 Å². The molecule has 1 aliphatic rings. The van der Waals surface area contributed by atoms with E-state index in [9.17, 15) is 14.4 Å². The standard InChI is InChI=1S/C28H32N4O6/c1-2-36-24(33)13-10-18-8-11-22(12-9-18)31-26(34)23-15-20-14-21(16-30-27(20)38-23)25(29)32-28(35)37-17-19-6-4-3-5-7-19/h3-7,14-16,18,22H,2,8-13,17H2,1H3,(H,31,34)(H2,29,32,35). The summed E-state index contributed by atoms with van der Waals surface area (Å²) in [6.45, 7) is 2.30. The summed E-state index contributed by atoms with van der Waals surface area (Å²) in [6, 6.07) is 12.5. The Kier molecular flexibility index (Phi) is 9.07. The van der Waals surface area contributed by atoms with Crippen LogP contribution in [0.3, 0.4) is 0 Å². The number of nitrogens with zero attached hydrogens (tertiary/aromatic N) is 2. The molecule has 0 unspecified atom stereocenters. The van der Waals surface area contributed by atoms with Crippen molar-refractivity contribution >= 4 is 34.9 Å². The van der Waals surface area contributed by atoms with Crippen LogP contribution in [-0.2, 0) is 20.9 Å². The van der Waals surface area contributed by atoms with Crippen LogP contribution >= 0.6 is 0 Å². The predicted molar refractivity (Wildman–Crippen MR) is 140 cm³/mol. The molecule has 2 amide bonds. The molecule has 2 aromatic heterocycles. The maximum Gasteiger partial charge on any atom is 0.435 e. The van der Waals surface area contributed by atoms with Crippen LogP contribution in [0.25, 0.3) is 11.1 Å². The zero-order valence-electron chi connectivity index (χ0n) is 21.4. The Hall–Kier alpha value is -4.21. The molecule has 0 saturated heterocycles. The summed E-state index contributed by atoms with van der Waals surface area (Å²) in [5.41, 5.74) is 7.51. The van der Waals surface area contributed by atoms with Crippen molar-refractivity contribution in [2.75, 3.05) is 6.61 Å². The van der Waals surface area contributed by atoms with Crippen LogP contribution in [0.5, 0.6) is 0 Å². The minimum absolute atomic E-state index is 0.0442. The largest absolute Gasteiger partial charge is 0.466 e. The van der Waals surface area contributed by atoms with E-state index < -0.39 is 6.09 Å². The summed E-state index contributed by atoms with van der Waals surface area (Å²) in [4.78, 5) is 44.4. The number of hydrogen-bond donors (Lipinski definition) is 2. The van der Waals surface area contributed by atoms with E-state index >= 15 is 0 Å². The van der Waals surface area contributed by atoms with Crippen LogP contribution < -0.4 is 11.1 Å². The van der Waals surface area contributed by atoms with Gasteiger partial charge in [-0.05, 0) is 62.6 Å². The number of fused-ring (bicyclic) bond motifs is 1. The molecule has 200 valence electrons. The number of benzene rings is 1. The topological polar surface area (TPSA) is 146 Å². The van der Waals surface area contributed by atoms with Gasteiger partial charge >= 0.3 is 12.1 Å². The summed E-state index contributed by atoms with van der Waals surface area (Å²) in [6.07, 6.45) is 5.44. The van der Waals surface area contributed by atoms with E-state index in [2.05, 4.69) is 15.3 Å². The second-order valence-electron chi connectivity index (χ2n) is 9.30. The zero-order valence-corrected chi connectivity index (χ0v) is 21.4. The van der Waals surface area contributed by atoms with E-state index in [0.717, 1.165) is 37.7 Å². The fourth-order valence-corrected chi connectivity index (χ4v) is 4.51. The van der Waals surface area contributed by atoms with Gasteiger partial charge in [-0.25, -0.2) is 9.78 Å². The van der Waals surface area contributed by atoms with Crippen LogP contribution in [0.2, 0.25) is 0 Å². The first kappa shape index (κ1) is 26.8. The van der Waals surface area contributed by atoms with Crippen molar-refractivity contribution in [3.63, 3.8) is 0 Å². The van der Waals surface area contributed by atoms with Crippen molar-refractivity contribution in [1.29, 1.82) is 0 Å². The molecule has 10 heteroatoms. The number of carbonyl (C=O) groups is 3. The number of carbonyl (C=O) groups excluding carboxylic acids is 3. The SMILES string of the molecule is CCOC(=O)CCC1CCC(NC(=O)c2cc3cc(/C(N)=N/C(=O)OCc4ccccc4)cnc3o2)CC1. The van der Waals surface area contributed by atoms with Gasteiger partial charge in [-0.1, -0.05) is 30.3 Å². The first-order chi connectivity index (χ1) is 18.4. The smallest absolute Gasteiger partial charge is 0.435 e. The lowest BCUT2D eigenvalue weighted by atomic mass is 9.83. The molecule has 1 fully saturated rings. The number of aliphatic imine (C=N–C) groups is 1. The van der Waals surface area contributed by atoms with Crippen LogP contribution in [0.1, 0.15) is 67.1 Å². The van der Waals surface area contributed by atoms with E-state index in [-0.39, 0.29) is 41.8 Å². The number of nitrogens with one attached hydrogen (secondary N) is 1. The van der Waals surface area contributed by atoms with Crippen molar-refractivity contribution in [3.8, 4) is 0 Å². The van der Waals surface area contributed by atoms with E-state index in [0.29, 0.717) is 29.9 Å². The average Bonchev–Trinajstić information content (AvgIpc) is 3.36. The number of esters is 1. The van der Waals surface area contributed by atoms with Gasteiger partial charge in [0.15, 0.2) is 5.76 Å². The van der Waals surface area contributed by atoms with Gasteiger partial charge in [0.2, 0.25) is 5.71 Å². The van der Waals surface area contributed by atoms with Crippen molar-refractivity contribution < 1.29 is 28.3 Å². The predicted octanol–water partition coefficient (Wildman–Crippen LogP) is 4.50. The molecule has 3 aromatic rings. The Bertz CT molecular complexity index is 1300. The van der Waals surface area contributed by atoms with Crippen LogP contribution in [0, 0.1) is 5.92 Å². The lowest BCUT2D eigenvalue weighted by molar-refractivity contribution is -0.143. The monoisotopic (exact) mass is 520 g/mol. The molecule has 0 aliphatic heterocycles. The summed E-state index contributed by atoms with van der Waals surface area (Å²) in [5, 5.41) is 3.59. The molecule has 38 heavy (non-hydrogen) atoms. The maximum atomic E-state index is 12.8. The van der Waals surface area contributed by atoms with Crippen LogP contribution in [0.4, 0.5) is 4.79 Å². The first-order valence-electron chi connectivity index (χ1n) is 12.8. The van der Waals surface area contributed by atoms with E-state index in [1.807, 2.05) is 30.3 Å². The Balaban J connectivity index is 1.30. The van der Waals surface area contributed by atoms with Gasteiger partial charge < -0.3 is 24.9 Å². The normalized spacial score (nSPS) is 17.7. The van der Waals surface area contributed by atoms with Crippen LogP contribution in [0.15, 0.2) is 58.1 Å². The summed E-state index contributed by atoms with van der Waals surface area (Å²) < 4.78 is 15.8. The van der Waals surface area contributed by atoms with Crippen molar-refractivity contribution in [2.45, 2.75) is 58.1 Å². The molecular formula is C28H32N4O6. The quantitative estimate of drug-likeness (QED) is 0.238. The average molecular weight is 521 g/mol. The molecule has 1 aromatic carbocycles. The fraction of sp³-hybridized carbons (Fsp3) is 0.393.